The van der Waals surface area contributed by atoms with Crippen molar-refractivity contribution in [3.63, 3.8) is 0 Å². The lowest BCUT2D eigenvalue weighted by Gasteiger charge is -2.33. The minimum Gasteiger partial charge on any atom is -0.490 e. The van der Waals surface area contributed by atoms with Crippen LogP contribution in [0.2, 0.25) is 0 Å². The zero-order valence-corrected chi connectivity index (χ0v) is 18.5. The van der Waals surface area contributed by atoms with Crippen LogP contribution in [0.25, 0.3) is 0 Å². The van der Waals surface area contributed by atoms with Crippen molar-refractivity contribution in [1.82, 2.24) is 4.90 Å². The van der Waals surface area contributed by atoms with Gasteiger partial charge in [-0.2, -0.15) is 0 Å². The molecule has 0 fully saturated rings. The number of hydrogen-bond acceptors (Lipinski definition) is 4. The van der Waals surface area contributed by atoms with Crippen LogP contribution in [0.4, 0.5) is 10.5 Å². The van der Waals surface area contributed by atoms with Crippen LogP contribution in [-0.4, -0.2) is 48.7 Å². The number of unbranched alkanes of at least 4 members (excludes halogenated alkanes) is 1. The topological polar surface area (TPSA) is 59.1 Å². The monoisotopic (exact) mass is 402 g/mol. The maximum absolute atomic E-state index is 12.8. The van der Waals surface area contributed by atoms with E-state index in [-0.39, 0.29) is 12.0 Å². The van der Waals surface area contributed by atoms with E-state index in [1.54, 1.807) is 4.90 Å². The maximum atomic E-state index is 12.8. The van der Waals surface area contributed by atoms with E-state index < -0.39 is 5.60 Å². The Balaban J connectivity index is 1.85. The molecule has 0 atom stereocenters. The van der Waals surface area contributed by atoms with Crippen LogP contribution in [0.1, 0.15) is 63.6 Å². The smallest absolute Gasteiger partial charge is 0.410 e. The third-order valence-corrected chi connectivity index (χ3v) is 5.56. The average Bonchev–Trinajstić information content (AvgIpc) is 2.87. The van der Waals surface area contributed by atoms with Gasteiger partial charge >= 0.3 is 6.09 Å². The molecule has 0 saturated heterocycles. The lowest BCUT2D eigenvalue weighted by molar-refractivity contribution is -0.119. The maximum Gasteiger partial charge on any atom is 0.410 e. The molecule has 0 bridgehead atoms. The molecule has 3 rings (SSSR count). The number of fused-ring (bicyclic) bond motifs is 2. The van der Waals surface area contributed by atoms with Gasteiger partial charge in [0.15, 0.2) is 0 Å². The minimum absolute atomic E-state index is 0.170. The summed E-state index contributed by atoms with van der Waals surface area (Å²) in [4.78, 5) is 29.0. The van der Waals surface area contributed by atoms with E-state index in [1.807, 2.05) is 25.7 Å². The van der Waals surface area contributed by atoms with Crippen molar-refractivity contribution in [2.24, 2.45) is 0 Å². The molecule has 0 N–H and O–H groups in total. The summed E-state index contributed by atoms with van der Waals surface area (Å²) in [5.41, 5.74) is 3.96. The van der Waals surface area contributed by atoms with Crippen LogP contribution < -0.4 is 9.64 Å². The van der Waals surface area contributed by atoms with Gasteiger partial charge in [-0.15, -0.1) is 0 Å². The summed E-state index contributed by atoms with van der Waals surface area (Å²) in [6.45, 7) is 12.2. The number of nitrogens with zero attached hydrogens (tertiary/aromatic N) is 2. The predicted octanol–water partition coefficient (Wildman–Crippen LogP) is 4.25. The number of anilines is 1. The first kappa shape index (κ1) is 21.5. The van der Waals surface area contributed by atoms with Gasteiger partial charge in [-0.1, -0.05) is 13.3 Å². The first-order chi connectivity index (χ1) is 13.7. The number of carbonyl (C=O) groups excluding carboxylic acids is 2. The second-order valence-electron chi connectivity index (χ2n) is 8.95. The summed E-state index contributed by atoms with van der Waals surface area (Å²) in [6, 6.07) is 2.08. The van der Waals surface area contributed by atoms with E-state index in [0.29, 0.717) is 32.7 Å². The van der Waals surface area contributed by atoms with Crippen LogP contribution in [-0.2, 0) is 22.4 Å². The Morgan fingerprint density at radius 3 is 2.59 bits per heavy atom. The SMILES string of the molecule is CCCCC(=O)N1CCOc2cc3c(c(C)c21)CCN(C(=O)OC(C)(C)C)CC3. The number of benzene rings is 1. The molecule has 2 heterocycles. The highest BCUT2D eigenvalue weighted by molar-refractivity contribution is 5.96. The summed E-state index contributed by atoms with van der Waals surface area (Å²) in [6.07, 6.45) is 3.73. The van der Waals surface area contributed by atoms with Crippen LogP contribution in [0, 0.1) is 6.92 Å². The molecule has 0 saturated carbocycles. The molecule has 0 aromatic heterocycles. The second-order valence-corrected chi connectivity index (χ2v) is 8.95. The summed E-state index contributed by atoms with van der Waals surface area (Å²) in [5, 5.41) is 0. The lowest BCUT2D eigenvalue weighted by Crippen LogP contribution is -2.38. The fourth-order valence-electron chi connectivity index (χ4n) is 4.09. The number of ether oxygens (including phenoxy) is 2. The third kappa shape index (κ3) is 4.85. The van der Waals surface area contributed by atoms with Gasteiger partial charge < -0.3 is 19.3 Å². The van der Waals surface area contributed by atoms with Crippen molar-refractivity contribution in [2.75, 3.05) is 31.1 Å². The standard InChI is InChI=1S/C23H34N2O4/c1-6-7-8-20(26)25-13-14-28-19-15-17-9-11-24(22(27)29-23(3,4)5)12-10-18(17)16(2)21(19)25/h15H,6-14H2,1-5H3. The van der Waals surface area contributed by atoms with Gasteiger partial charge in [-0.05, 0) is 69.7 Å². The molecule has 0 radical (unpaired) electrons. The van der Waals surface area contributed by atoms with Crippen LogP contribution >= 0.6 is 0 Å². The molecular formula is C23H34N2O4. The summed E-state index contributed by atoms with van der Waals surface area (Å²) < 4.78 is 11.5. The molecule has 2 amide bonds. The van der Waals surface area contributed by atoms with Gasteiger partial charge in [-0.3, -0.25) is 4.79 Å². The highest BCUT2D eigenvalue weighted by atomic mass is 16.6. The zero-order chi connectivity index (χ0) is 21.2. The Labute approximate surface area is 174 Å². The van der Waals surface area contributed by atoms with Crippen molar-refractivity contribution in [1.29, 1.82) is 0 Å². The van der Waals surface area contributed by atoms with Gasteiger partial charge in [0.25, 0.3) is 0 Å². The number of amides is 2. The van der Waals surface area contributed by atoms with Gasteiger partial charge in [0.1, 0.15) is 18.0 Å². The van der Waals surface area contributed by atoms with Gasteiger partial charge in [0.2, 0.25) is 5.91 Å². The van der Waals surface area contributed by atoms with Gasteiger partial charge in [-0.25, -0.2) is 4.79 Å². The van der Waals surface area contributed by atoms with Crippen LogP contribution in [0.15, 0.2) is 6.07 Å². The molecule has 6 heteroatoms. The van der Waals surface area contributed by atoms with Crippen molar-refractivity contribution in [3.05, 3.63) is 22.8 Å². The largest absolute Gasteiger partial charge is 0.490 e. The van der Waals surface area contributed by atoms with Crippen molar-refractivity contribution in [3.8, 4) is 5.75 Å². The second kappa shape index (κ2) is 8.64. The fourth-order valence-corrected chi connectivity index (χ4v) is 4.09. The zero-order valence-electron chi connectivity index (χ0n) is 18.5. The predicted molar refractivity (Wildman–Crippen MR) is 114 cm³/mol. The minimum atomic E-state index is -0.502. The van der Waals surface area contributed by atoms with E-state index >= 15 is 0 Å². The molecule has 6 nitrogen and oxygen atoms in total. The van der Waals surface area contributed by atoms with E-state index in [0.717, 1.165) is 42.7 Å². The van der Waals surface area contributed by atoms with Gasteiger partial charge in [0.05, 0.1) is 12.2 Å². The summed E-state index contributed by atoms with van der Waals surface area (Å²) >= 11 is 0. The first-order valence-corrected chi connectivity index (χ1v) is 10.8. The molecule has 29 heavy (non-hydrogen) atoms. The van der Waals surface area contributed by atoms with E-state index in [1.165, 1.54) is 11.1 Å². The van der Waals surface area contributed by atoms with Crippen LogP contribution in [0.3, 0.4) is 0 Å². The number of hydrogen-bond donors (Lipinski definition) is 0. The van der Waals surface area contributed by atoms with Crippen LogP contribution in [0.5, 0.6) is 5.75 Å². The molecular weight excluding hydrogens is 368 g/mol. The Hall–Kier alpha value is -2.24. The fraction of sp³-hybridized carbons (Fsp3) is 0.652. The molecule has 0 aliphatic carbocycles. The molecule has 1 aromatic carbocycles. The van der Waals surface area contributed by atoms with Gasteiger partial charge in [0, 0.05) is 19.5 Å². The van der Waals surface area contributed by atoms with E-state index in [9.17, 15) is 9.59 Å². The highest BCUT2D eigenvalue weighted by Crippen LogP contribution is 2.40. The summed E-state index contributed by atoms with van der Waals surface area (Å²) in [5.74, 6) is 0.964. The Morgan fingerprint density at radius 1 is 1.17 bits per heavy atom. The average molecular weight is 403 g/mol. The molecule has 2 aliphatic heterocycles. The quantitative estimate of drug-likeness (QED) is 0.759. The molecule has 0 spiro atoms. The van der Waals surface area contributed by atoms with E-state index in [2.05, 4.69) is 19.9 Å². The van der Waals surface area contributed by atoms with E-state index in [4.69, 9.17) is 9.47 Å². The Morgan fingerprint density at radius 2 is 1.90 bits per heavy atom. The van der Waals surface area contributed by atoms with Crippen molar-refractivity contribution in [2.45, 2.75) is 72.3 Å². The molecule has 160 valence electrons. The summed E-state index contributed by atoms with van der Waals surface area (Å²) in [7, 11) is 0. The number of rotatable bonds is 3. The number of carbonyl (C=O) groups is 2. The Kier molecular flexibility index (Phi) is 6.39. The third-order valence-electron chi connectivity index (χ3n) is 5.56. The van der Waals surface area contributed by atoms with Crippen molar-refractivity contribution < 1.29 is 19.1 Å². The Bertz CT molecular complexity index is 782. The first-order valence-electron chi connectivity index (χ1n) is 10.8. The molecule has 1 aromatic rings. The van der Waals surface area contributed by atoms with Crippen molar-refractivity contribution >= 4 is 17.7 Å². The lowest BCUT2D eigenvalue weighted by atomic mass is 9.94. The highest BCUT2D eigenvalue weighted by Gasteiger charge is 2.30. The molecule has 2 aliphatic rings. The normalized spacial score (nSPS) is 16.4. The molecule has 0 unspecified atom stereocenters.